The van der Waals surface area contributed by atoms with Gasteiger partial charge in [0.1, 0.15) is 11.5 Å². The van der Waals surface area contributed by atoms with Crippen LogP contribution in [0.25, 0.3) is 11.0 Å². The van der Waals surface area contributed by atoms with Crippen molar-refractivity contribution in [2.45, 2.75) is 26.3 Å². The topological polar surface area (TPSA) is 65.4 Å². The molecule has 3 aromatic rings. The van der Waals surface area contributed by atoms with Crippen LogP contribution >= 0.6 is 0 Å². The molecule has 0 radical (unpaired) electrons. The van der Waals surface area contributed by atoms with Gasteiger partial charge in [-0.3, -0.25) is 10.1 Å². The zero-order valence-electron chi connectivity index (χ0n) is 15.3. The van der Waals surface area contributed by atoms with Gasteiger partial charge in [-0.2, -0.15) is 0 Å². The number of aryl methyl sites for hydroxylation is 1. The van der Waals surface area contributed by atoms with Gasteiger partial charge in [0.05, 0.1) is 31.7 Å². The van der Waals surface area contributed by atoms with Gasteiger partial charge in [0.2, 0.25) is 11.9 Å². The summed E-state index contributed by atoms with van der Waals surface area (Å²) in [6.07, 6.45) is 1.13. The van der Waals surface area contributed by atoms with Gasteiger partial charge >= 0.3 is 0 Å². The molecule has 2 aromatic carbocycles. The fourth-order valence-corrected chi connectivity index (χ4v) is 2.98. The third kappa shape index (κ3) is 3.64. The molecule has 0 unspecified atom stereocenters. The Hall–Kier alpha value is -3.02. The van der Waals surface area contributed by atoms with Crippen molar-refractivity contribution in [1.29, 1.82) is 0 Å². The van der Waals surface area contributed by atoms with Crippen LogP contribution in [0.4, 0.5) is 5.95 Å². The van der Waals surface area contributed by atoms with Crippen LogP contribution in [0.1, 0.15) is 18.9 Å². The summed E-state index contributed by atoms with van der Waals surface area (Å²) < 4.78 is 12.6. The number of nitrogens with one attached hydrogen (secondary N) is 1. The van der Waals surface area contributed by atoms with Crippen LogP contribution < -0.4 is 14.8 Å². The van der Waals surface area contributed by atoms with Crippen LogP contribution in [-0.4, -0.2) is 29.7 Å². The average Bonchev–Trinajstić information content (AvgIpc) is 2.99. The van der Waals surface area contributed by atoms with Gasteiger partial charge in [-0.05, 0) is 36.8 Å². The minimum Gasteiger partial charge on any atom is -0.497 e. The molecule has 3 rings (SSSR count). The first-order valence-corrected chi connectivity index (χ1v) is 8.62. The molecule has 1 N–H and O–H groups in total. The van der Waals surface area contributed by atoms with E-state index in [9.17, 15) is 4.79 Å². The van der Waals surface area contributed by atoms with E-state index in [1.165, 1.54) is 0 Å². The number of amides is 1. The number of aromatic nitrogens is 2. The summed E-state index contributed by atoms with van der Waals surface area (Å²) in [5.41, 5.74) is 2.65. The molecule has 6 heteroatoms. The molecule has 0 atom stereocenters. The number of rotatable bonds is 7. The number of para-hydroxylation sites is 2. The van der Waals surface area contributed by atoms with Crippen LogP contribution in [0.5, 0.6) is 11.5 Å². The molecule has 0 aliphatic rings. The van der Waals surface area contributed by atoms with Gasteiger partial charge < -0.3 is 14.0 Å². The molecule has 0 saturated heterocycles. The fourth-order valence-electron chi connectivity index (χ4n) is 2.98. The van der Waals surface area contributed by atoms with Crippen LogP contribution in [0.3, 0.4) is 0 Å². The average molecular weight is 353 g/mol. The molecule has 0 saturated carbocycles. The third-order valence-corrected chi connectivity index (χ3v) is 4.19. The molecule has 1 aromatic heterocycles. The normalized spacial score (nSPS) is 10.7. The van der Waals surface area contributed by atoms with Gasteiger partial charge in [0.25, 0.3) is 0 Å². The number of carbonyl (C=O) groups excluding carboxylic acids is 1. The lowest BCUT2D eigenvalue weighted by molar-refractivity contribution is -0.115. The van der Waals surface area contributed by atoms with Crippen molar-refractivity contribution in [3.8, 4) is 11.5 Å². The van der Waals surface area contributed by atoms with E-state index in [4.69, 9.17) is 9.47 Å². The molecule has 6 nitrogen and oxygen atoms in total. The molecule has 0 bridgehead atoms. The number of imidazole rings is 1. The van der Waals surface area contributed by atoms with E-state index in [1.807, 2.05) is 34.9 Å². The summed E-state index contributed by atoms with van der Waals surface area (Å²) in [6, 6.07) is 13.3. The Bertz CT molecular complexity index is 918. The highest BCUT2D eigenvalue weighted by atomic mass is 16.5. The smallest absolute Gasteiger partial charge is 0.231 e. The zero-order chi connectivity index (χ0) is 18.5. The Morgan fingerprint density at radius 3 is 2.69 bits per heavy atom. The lowest BCUT2D eigenvalue weighted by Gasteiger charge is -2.12. The number of carbonyl (C=O) groups is 1. The first-order chi connectivity index (χ1) is 12.7. The number of hydrogen-bond donors (Lipinski definition) is 1. The van der Waals surface area contributed by atoms with Crippen molar-refractivity contribution < 1.29 is 14.3 Å². The molecular weight excluding hydrogens is 330 g/mol. The second-order valence-corrected chi connectivity index (χ2v) is 5.98. The second kappa shape index (κ2) is 7.91. The quantitative estimate of drug-likeness (QED) is 0.704. The summed E-state index contributed by atoms with van der Waals surface area (Å²) in [5.74, 6) is 1.76. The second-order valence-electron chi connectivity index (χ2n) is 5.98. The van der Waals surface area contributed by atoms with E-state index in [1.54, 1.807) is 26.4 Å². The Morgan fingerprint density at radius 1 is 1.15 bits per heavy atom. The maximum Gasteiger partial charge on any atom is 0.231 e. The minimum absolute atomic E-state index is 0.149. The molecular formula is C20H23N3O3. The molecule has 0 spiro atoms. The molecule has 1 heterocycles. The Labute approximate surface area is 152 Å². The van der Waals surface area contributed by atoms with Crippen molar-refractivity contribution >= 4 is 22.9 Å². The molecule has 0 aliphatic carbocycles. The molecule has 136 valence electrons. The van der Waals surface area contributed by atoms with E-state index < -0.39 is 0 Å². The first-order valence-electron chi connectivity index (χ1n) is 8.62. The van der Waals surface area contributed by atoms with Crippen molar-refractivity contribution in [2.75, 3.05) is 19.5 Å². The Morgan fingerprint density at radius 2 is 1.96 bits per heavy atom. The maximum atomic E-state index is 12.6. The molecule has 0 aliphatic heterocycles. The predicted molar refractivity (Wildman–Crippen MR) is 102 cm³/mol. The molecule has 0 fully saturated rings. The minimum atomic E-state index is -0.149. The summed E-state index contributed by atoms with van der Waals surface area (Å²) >= 11 is 0. The highest BCUT2D eigenvalue weighted by molar-refractivity contribution is 5.93. The van der Waals surface area contributed by atoms with Gasteiger partial charge in [0.15, 0.2) is 0 Å². The highest BCUT2D eigenvalue weighted by Gasteiger charge is 2.15. The number of hydrogen-bond acceptors (Lipinski definition) is 4. The first kappa shape index (κ1) is 17.8. The van der Waals surface area contributed by atoms with E-state index in [2.05, 4.69) is 17.2 Å². The summed E-state index contributed by atoms with van der Waals surface area (Å²) in [4.78, 5) is 17.2. The number of fused-ring (bicyclic) bond motifs is 1. The summed E-state index contributed by atoms with van der Waals surface area (Å²) in [7, 11) is 3.18. The predicted octanol–water partition coefficient (Wildman–Crippen LogP) is 3.64. The van der Waals surface area contributed by atoms with Crippen LogP contribution in [-0.2, 0) is 17.8 Å². The number of methoxy groups -OCH3 is 2. The lowest BCUT2D eigenvalue weighted by atomic mass is 10.1. The highest BCUT2D eigenvalue weighted by Crippen LogP contribution is 2.25. The van der Waals surface area contributed by atoms with Gasteiger partial charge in [-0.1, -0.05) is 19.1 Å². The lowest BCUT2D eigenvalue weighted by Crippen LogP contribution is -2.18. The zero-order valence-corrected chi connectivity index (χ0v) is 15.3. The van der Waals surface area contributed by atoms with Crippen LogP contribution in [0.2, 0.25) is 0 Å². The fraction of sp³-hybridized carbons (Fsp3) is 0.300. The van der Waals surface area contributed by atoms with Crippen LogP contribution in [0.15, 0.2) is 42.5 Å². The maximum absolute atomic E-state index is 12.6. The van der Waals surface area contributed by atoms with E-state index in [-0.39, 0.29) is 12.3 Å². The SMILES string of the molecule is CCCn1c(NC(=O)Cc2cc(OC)ccc2OC)nc2ccccc21. The number of anilines is 1. The largest absolute Gasteiger partial charge is 0.497 e. The summed E-state index contributed by atoms with van der Waals surface area (Å²) in [5, 5.41) is 2.94. The van der Waals surface area contributed by atoms with E-state index in [0.29, 0.717) is 17.4 Å². The number of ether oxygens (including phenoxy) is 2. The van der Waals surface area contributed by atoms with Crippen molar-refractivity contribution in [3.63, 3.8) is 0 Å². The molecule has 26 heavy (non-hydrogen) atoms. The van der Waals surface area contributed by atoms with Gasteiger partial charge in [-0.25, -0.2) is 4.98 Å². The number of nitrogens with zero attached hydrogens (tertiary/aromatic N) is 2. The molecule has 1 amide bonds. The standard InChI is InChI=1S/C20H23N3O3/c1-4-11-23-17-8-6-5-7-16(17)21-20(23)22-19(24)13-14-12-15(25-2)9-10-18(14)26-3/h5-10,12H,4,11,13H2,1-3H3,(H,21,22,24). The van der Waals surface area contributed by atoms with Crippen molar-refractivity contribution in [2.24, 2.45) is 0 Å². The monoisotopic (exact) mass is 353 g/mol. The van der Waals surface area contributed by atoms with Crippen LogP contribution in [0, 0.1) is 0 Å². The van der Waals surface area contributed by atoms with Crippen molar-refractivity contribution in [1.82, 2.24) is 9.55 Å². The Kier molecular flexibility index (Phi) is 5.41. The van der Waals surface area contributed by atoms with E-state index >= 15 is 0 Å². The van der Waals surface area contributed by atoms with E-state index in [0.717, 1.165) is 29.6 Å². The third-order valence-electron chi connectivity index (χ3n) is 4.19. The number of benzene rings is 2. The van der Waals surface area contributed by atoms with Crippen molar-refractivity contribution in [3.05, 3.63) is 48.0 Å². The summed E-state index contributed by atoms with van der Waals surface area (Å²) in [6.45, 7) is 2.89. The van der Waals surface area contributed by atoms with Gasteiger partial charge in [-0.15, -0.1) is 0 Å². The van der Waals surface area contributed by atoms with Gasteiger partial charge in [0, 0.05) is 12.1 Å². The Balaban J connectivity index is 1.85.